The zero-order valence-corrected chi connectivity index (χ0v) is 14.2. The summed E-state index contributed by atoms with van der Waals surface area (Å²) in [5.41, 5.74) is 1.35. The number of benzene rings is 1. The fourth-order valence-electron chi connectivity index (χ4n) is 2.37. The van der Waals surface area contributed by atoms with Gasteiger partial charge in [0.05, 0.1) is 23.4 Å². The van der Waals surface area contributed by atoms with E-state index in [-0.39, 0.29) is 5.91 Å². The van der Waals surface area contributed by atoms with Gasteiger partial charge in [-0.25, -0.2) is 0 Å². The van der Waals surface area contributed by atoms with Crippen LogP contribution in [-0.4, -0.2) is 26.9 Å². The number of thiazole rings is 1. The van der Waals surface area contributed by atoms with Crippen LogP contribution in [0.3, 0.4) is 0 Å². The molecule has 0 atom stereocenters. The van der Waals surface area contributed by atoms with E-state index in [0.29, 0.717) is 23.6 Å². The monoisotopic (exact) mass is 340 g/mol. The lowest BCUT2D eigenvalue weighted by atomic mass is 10.3. The molecule has 0 spiro atoms. The number of carbonyl (C=O) groups is 1. The standard InChI is InChI=1S/C17H16N4O2S/c1-4-10-21-13-7-6-12(23-5-2)11-15(13)24-17(21)19-16(22)14-8-9-18-20(14)3/h1,6-9,11H,5,10H2,2-3H3. The highest BCUT2D eigenvalue weighted by Crippen LogP contribution is 2.23. The third-order valence-corrected chi connectivity index (χ3v) is 4.49. The Morgan fingerprint density at radius 2 is 2.29 bits per heavy atom. The predicted molar refractivity (Wildman–Crippen MR) is 92.9 cm³/mol. The largest absolute Gasteiger partial charge is 0.494 e. The molecular formula is C17H16N4O2S. The molecule has 2 heterocycles. The molecule has 1 aromatic carbocycles. The highest BCUT2D eigenvalue weighted by molar-refractivity contribution is 7.16. The number of hydrogen-bond acceptors (Lipinski definition) is 4. The van der Waals surface area contributed by atoms with E-state index in [0.717, 1.165) is 16.0 Å². The maximum Gasteiger partial charge on any atom is 0.297 e. The third kappa shape index (κ3) is 2.96. The molecule has 7 heteroatoms. The summed E-state index contributed by atoms with van der Waals surface area (Å²) in [7, 11) is 1.71. The summed E-state index contributed by atoms with van der Waals surface area (Å²) in [5, 5.41) is 4.00. The average Bonchev–Trinajstić information content (AvgIpc) is 3.12. The van der Waals surface area contributed by atoms with Crippen LogP contribution in [0.25, 0.3) is 10.2 Å². The van der Waals surface area contributed by atoms with Crippen molar-refractivity contribution in [1.29, 1.82) is 0 Å². The lowest BCUT2D eigenvalue weighted by molar-refractivity contribution is 0.0989. The number of aryl methyl sites for hydroxylation is 1. The summed E-state index contributed by atoms with van der Waals surface area (Å²) in [5.74, 6) is 3.04. The Morgan fingerprint density at radius 1 is 1.46 bits per heavy atom. The zero-order chi connectivity index (χ0) is 17.1. The molecule has 1 amide bonds. The molecule has 0 bridgehead atoms. The van der Waals surface area contributed by atoms with Gasteiger partial charge in [-0.3, -0.25) is 9.48 Å². The van der Waals surface area contributed by atoms with Crippen molar-refractivity contribution in [2.75, 3.05) is 6.61 Å². The SMILES string of the molecule is C#CCn1c(=NC(=O)c2ccnn2C)sc2cc(OCC)ccc21. The van der Waals surface area contributed by atoms with Crippen molar-refractivity contribution in [3.8, 4) is 18.1 Å². The molecule has 0 unspecified atom stereocenters. The van der Waals surface area contributed by atoms with Gasteiger partial charge in [0.25, 0.3) is 5.91 Å². The topological polar surface area (TPSA) is 61.4 Å². The molecule has 0 N–H and O–H groups in total. The molecule has 3 rings (SSSR count). The van der Waals surface area contributed by atoms with Gasteiger partial charge < -0.3 is 9.30 Å². The average molecular weight is 340 g/mol. The molecule has 0 saturated heterocycles. The minimum atomic E-state index is -0.350. The Labute approximate surface area is 143 Å². The molecule has 0 radical (unpaired) electrons. The number of ether oxygens (including phenoxy) is 1. The lowest BCUT2D eigenvalue weighted by Gasteiger charge is -2.03. The van der Waals surface area contributed by atoms with Crippen molar-refractivity contribution in [2.24, 2.45) is 12.0 Å². The van der Waals surface area contributed by atoms with Crippen LogP contribution in [0, 0.1) is 12.3 Å². The molecule has 0 aliphatic rings. The van der Waals surface area contributed by atoms with E-state index in [1.807, 2.05) is 29.7 Å². The van der Waals surface area contributed by atoms with Crippen molar-refractivity contribution in [2.45, 2.75) is 13.5 Å². The molecular weight excluding hydrogens is 324 g/mol. The first-order valence-electron chi connectivity index (χ1n) is 7.40. The minimum absolute atomic E-state index is 0.339. The Kier molecular flexibility index (Phi) is 4.49. The first kappa shape index (κ1) is 16.0. The first-order chi connectivity index (χ1) is 11.6. The van der Waals surface area contributed by atoms with Crippen LogP contribution >= 0.6 is 11.3 Å². The van der Waals surface area contributed by atoms with Crippen LogP contribution < -0.4 is 9.54 Å². The van der Waals surface area contributed by atoms with E-state index < -0.39 is 0 Å². The van der Waals surface area contributed by atoms with Gasteiger partial charge >= 0.3 is 0 Å². The zero-order valence-electron chi connectivity index (χ0n) is 13.4. The van der Waals surface area contributed by atoms with E-state index in [1.165, 1.54) is 16.0 Å². The van der Waals surface area contributed by atoms with Crippen molar-refractivity contribution in [3.05, 3.63) is 41.0 Å². The summed E-state index contributed by atoms with van der Waals surface area (Å²) < 4.78 is 9.84. The number of nitrogens with zero attached hydrogens (tertiary/aromatic N) is 4. The molecule has 2 aromatic heterocycles. The lowest BCUT2D eigenvalue weighted by Crippen LogP contribution is -2.17. The third-order valence-electron chi connectivity index (χ3n) is 3.45. The molecule has 122 valence electrons. The van der Waals surface area contributed by atoms with Crippen molar-refractivity contribution in [1.82, 2.24) is 14.3 Å². The van der Waals surface area contributed by atoms with Crippen molar-refractivity contribution in [3.63, 3.8) is 0 Å². The van der Waals surface area contributed by atoms with Gasteiger partial charge in [-0.2, -0.15) is 10.1 Å². The Hall–Kier alpha value is -2.85. The fraction of sp³-hybridized carbons (Fsp3) is 0.235. The van der Waals surface area contributed by atoms with E-state index >= 15 is 0 Å². The summed E-state index contributed by atoms with van der Waals surface area (Å²) in [4.78, 5) is 17.2. The molecule has 24 heavy (non-hydrogen) atoms. The van der Waals surface area contributed by atoms with Crippen molar-refractivity contribution < 1.29 is 9.53 Å². The Bertz CT molecular complexity index is 1000. The molecule has 3 aromatic rings. The van der Waals surface area contributed by atoms with Crippen LogP contribution in [0.5, 0.6) is 5.75 Å². The van der Waals surface area contributed by atoms with E-state index in [9.17, 15) is 4.79 Å². The van der Waals surface area contributed by atoms with E-state index in [4.69, 9.17) is 11.2 Å². The van der Waals surface area contributed by atoms with Crippen LogP contribution in [0.15, 0.2) is 35.5 Å². The number of hydrogen-bond donors (Lipinski definition) is 0. The van der Waals surface area contributed by atoms with Crippen LogP contribution in [0.1, 0.15) is 17.4 Å². The summed E-state index contributed by atoms with van der Waals surface area (Å²) in [6, 6.07) is 7.39. The molecule has 0 saturated carbocycles. The Morgan fingerprint density at radius 3 is 2.96 bits per heavy atom. The van der Waals surface area contributed by atoms with Crippen LogP contribution in [0.2, 0.25) is 0 Å². The van der Waals surface area contributed by atoms with Crippen molar-refractivity contribution >= 4 is 27.5 Å². The molecule has 6 nitrogen and oxygen atoms in total. The Balaban J connectivity index is 2.14. The predicted octanol–water partition coefficient (Wildman–Crippen LogP) is 2.21. The number of aromatic nitrogens is 3. The van der Waals surface area contributed by atoms with Crippen LogP contribution in [-0.2, 0) is 13.6 Å². The van der Waals surface area contributed by atoms with Crippen LogP contribution in [0.4, 0.5) is 0 Å². The quantitative estimate of drug-likeness (QED) is 0.684. The first-order valence-corrected chi connectivity index (χ1v) is 8.22. The van der Waals surface area contributed by atoms with Gasteiger partial charge in [0.2, 0.25) is 0 Å². The highest BCUT2D eigenvalue weighted by Gasteiger charge is 2.12. The van der Waals surface area contributed by atoms with Gasteiger partial charge in [0.1, 0.15) is 11.4 Å². The smallest absolute Gasteiger partial charge is 0.297 e. The second-order valence-electron chi connectivity index (χ2n) is 4.99. The van der Waals surface area contributed by atoms with Gasteiger partial charge in [0, 0.05) is 13.2 Å². The normalized spacial score (nSPS) is 11.6. The summed E-state index contributed by atoms with van der Waals surface area (Å²) in [6.07, 6.45) is 7.04. The minimum Gasteiger partial charge on any atom is -0.494 e. The molecule has 0 fully saturated rings. The molecule has 0 aliphatic heterocycles. The van der Waals surface area contributed by atoms with Gasteiger partial charge in [-0.05, 0) is 31.2 Å². The van der Waals surface area contributed by atoms with Gasteiger partial charge in [-0.15, -0.1) is 6.42 Å². The number of fused-ring (bicyclic) bond motifs is 1. The van der Waals surface area contributed by atoms with Gasteiger partial charge in [0.15, 0.2) is 4.80 Å². The number of carbonyl (C=O) groups excluding carboxylic acids is 1. The summed E-state index contributed by atoms with van der Waals surface area (Å²) >= 11 is 1.41. The number of rotatable bonds is 4. The number of terminal acetylenes is 1. The molecule has 0 aliphatic carbocycles. The fourth-order valence-corrected chi connectivity index (χ4v) is 3.42. The van der Waals surface area contributed by atoms with Gasteiger partial charge in [-0.1, -0.05) is 17.3 Å². The van der Waals surface area contributed by atoms with E-state index in [1.54, 1.807) is 19.3 Å². The maximum atomic E-state index is 12.4. The maximum absolute atomic E-state index is 12.4. The van der Waals surface area contributed by atoms with E-state index in [2.05, 4.69) is 16.0 Å². The highest BCUT2D eigenvalue weighted by atomic mass is 32.1. The second-order valence-corrected chi connectivity index (χ2v) is 6.00. The summed E-state index contributed by atoms with van der Waals surface area (Å²) in [6.45, 7) is 2.87. The second kappa shape index (κ2) is 6.72. The number of amides is 1.